The fourth-order valence-corrected chi connectivity index (χ4v) is 2.05. The molecule has 0 fully saturated rings. The molecule has 0 saturated heterocycles. The van der Waals surface area contributed by atoms with E-state index in [1.54, 1.807) is 26.4 Å². The average molecular weight is 286 g/mol. The van der Waals surface area contributed by atoms with Crippen molar-refractivity contribution in [3.05, 3.63) is 36.4 Å². The number of amides is 1. The largest absolute Gasteiger partial charge is 0.495 e. The van der Waals surface area contributed by atoms with Crippen molar-refractivity contribution < 1.29 is 14.3 Å². The predicted molar refractivity (Wildman–Crippen MR) is 83.7 cm³/mol. The van der Waals surface area contributed by atoms with Gasteiger partial charge in [-0.15, -0.1) is 0 Å². The molecule has 21 heavy (non-hydrogen) atoms. The van der Waals surface area contributed by atoms with Crippen molar-refractivity contribution in [3.8, 4) is 22.6 Å². The lowest BCUT2D eigenvalue weighted by atomic mass is 10.0. The molecule has 0 bridgehead atoms. The molecule has 1 amide bonds. The lowest BCUT2D eigenvalue weighted by molar-refractivity contribution is -0.114. The van der Waals surface area contributed by atoms with E-state index in [2.05, 4.69) is 5.32 Å². The van der Waals surface area contributed by atoms with Crippen molar-refractivity contribution >= 4 is 17.3 Å². The first-order valence-corrected chi connectivity index (χ1v) is 6.44. The molecular weight excluding hydrogens is 268 g/mol. The summed E-state index contributed by atoms with van der Waals surface area (Å²) in [5.41, 5.74) is 8.93. The Labute approximate surface area is 123 Å². The number of hydrogen-bond donors (Lipinski definition) is 2. The van der Waals surface area contributed by atoms with Crippen LogP contribution in [0.4, 0.5) is 11.4 Å². The molecule has 0 aliphatic heterocycles. The van der Waals surface area contributed by atoms with E-state index in [4.69, 9.17) is 15.2 Å². The molecule has 0 unspecified atom stereocenters. The zero-order valence-electron chi connectivity index (χ0n) is 12.3. The predicted octanol–water partition coefficient (Wildman–Crippen LogP) is 2.91. The number of nitrogen functional groups attached to an aromatic ring is 1. The van der Waals surface area contributed by atoms with E-state index in [0.29, 0.717) is 22.9 Å². The number of nitrogens with one attached hydrogen (secondary N) is 1. The van der Waals surface area contributed by atoms with E-state index in [-0.39, 0.29) is 5.91 Å². The molecule has 0 aliphatic carbocycles. The smallest absolute Gasteiger partial charge is 0.221 e. The highest BCUT2D eigenvalue weighted by atomic mass is 16.5. The van der Waals surface area contributed by atoms with Crippen LogP contribution < -0.4 is 20.5 Å². The molecular formula is C16H18N2O3. The van der Waals surface area contributed by atoms with Crippen molar-refractivity contribution in [2.45, 2.75) is 6.92 Å². The quantitative estimate of drug-likeness (QED) is 0.848. The number of carbonyl (C=O) groups is 1. The van der Waals surface area contributed by atoms with Gasteiger partial charge in [0.05, 0.1) is 25.6 Å². The lowest BCUT2D eigenvalue weighted by Gasteiger charge is -2.12. The summed E-state index contributed by atoms with van der Waals surface area (Å²) in [7, 11) is 3.14. The second-order valence-corrected chi connectivity index (χ2v) is 4.55. The molecule has 0 spiro atoms. The minimum absolute atomic E-state index is 0.143. The van der Waals surface area contributed by atoms with Crippen LogP contribution in [0.15, 0.2) is 36.4 Å². The van der Waals surface area contributed by atoms with Gasteiger partial charge in [-0.05, 0) is 35.4 Å². The van der Waals surface area contributed by atoms with E-state index in [1.165, 1.54) is 6.92 Å². The summed E-state index contributed by atoms with van der Waals surface area (Å²) in [5.74, 6) is 1.08. The fraction of sp³-hybridized carbons (Fsp3) is 0.188. The summed E-state index contributed by atoms with van der Waals surface area (Å²) in [4.78, 5) is 11.2. The topological polar surface area (TPSA) is 73.6 Å². The summed E-state index contributed by atoms with van der Waals surface area (Å²) in [6.07, 6.45) is 0. The van der Waals surface area contributed by atoms with Gasteiger partial charge in [-0.1, -0.05) is 12.1 Å². The Morgan fingerprint density at radius 1 is 1.00 bits per heavy atom. The monoisotopic (exact) mass is 286 g/mol. The maximum Gasteiger partial charge on any atom is 0.221 e. The number of methoxy groups -OCH3 is 2. The summed E-state index contributed by atoms with van der Waals surface area (Å²) in [6, 6.07) is 11.1. The highest BCUT2D eigenvalue weighted by Gasteiger charge is 2.09. The maximum atomic E-state index is 11.2. The van der Waals surface area contributed by atoms with Gasteiger partial charge in [0.25, 0.3) is 0 Å². The first-order chi connectivity index (χ1) is 10.0. The second kappa shape index (κ2) is 6.17. The van der Waals surface area contributed by atoms with Crippen LogP contribution in [0.25, 0.3) is 11.1 Å². The molecule has 0 aromatic heterocycles. The number of carbonyl (C=O) groups excluding carboxylic acids is 1. The van der Waals surface area contributed by atoms with Crippen LogP contribution in [0.1, 0.15) is 6.92 Å². The Kier molecular flexibility index (Phi) is 4.33. The van der Waals surface area contributed by atoms with E-state index in [0.717, 1.165) is 11.1 Å². The van der Waals surface area contributed by atoms with Gasteiger partial charge < -0.3 is 20.5 Å². The normalized spacial score (nSPS) is 10.0. The molecule has 2 rings (SSSR count). The van der Waals surface area contributed by atoms with Gasteiger partial charge in [-0.3, -0.25) is 4.79 Å². The first-order valence-electron chi connectivity index (χ1n) is 6.44. The van der Waals surface area contributed by atoms with E-state index in [1.807, 2.05) is 24.3 Å². The number of benzene rings is 2. The van der Waals surface area contributed by atoms with Gasteiger partial charge in [0, 0.05) is 6.92 Å². The van der Waals surface area contributed by atoms with Gasteiger partial charge in [0.1, 0.15) is 11.5 Å². The third kappa shape index (κ3) is 3.25. The number of rotatable bonds is 4. The van der Waals surface area contributed by atoms with Crippen LogP contribution in [-0.4, -0.2) is 20.1 Å². The fourth-order valence-electron chi connectivity index (χ4n) is 2.05. The third-order valence-electron chi connectivity index (χ3n) is 3.08. The molecule has 5 nitrogen and oxygen atoms in total. The average Bonchev–Trinajstić information content (AvgIpc) is 2.47. The molecule has 3 N–H and O–H groups in total. The van der Waals surface area contributed by atoms with Gasteiger partial charge in [-0.25, -0.2) is 0 Å². The molecule has 110 valence electrons. The Bertz CT molecular complexity index is 669. The molecule has 0 radical (unpaired) electrons. The maximum absolute atomic E-state index is 11.2. The van der Waals surface area contributed by atoms with Crippen molar-refractivity contribution in [2.75, 3.05) is 25.3 Å². The van der Waals surface area contributed by atoms with Crippen molar-refractivity contribution in [1.29, 1.82) is 0 Å². The van der Waals surface area contributed by atoms with Crippen molar-refractivity contribution in [2.24, 2.45) is 0 Å². The summed E-state index contributed by atoms with van der Waals surface area (Å²) >= 11 is 0. The number of nitrogens with two attached hydrogens (primary N) is 1. The molecule has 0 atom stereocenters. The van der Waals surface area contributed by atoms with E-state index < -0.39 is 0 Å². The van der Waals surface area contributed by atoms with Gasteiger partial charge in [-0.2, -0.15) is 0 Å². The number of hydrogen-bond acceptors (Lipinski definition) is 4. The van der Waals surface area contributed by atoms with Crippen LogP contribution >= 0.6 is 0 Å². The molecule has 5 heteroatoms. The standard InChI is InChI=1S/C16H18N2O3/c1-10(19)18-14-7-5-12(9-16(14)21-3)11-4-6-13(17)15(8-11)20-2/h4-9H,17H2,1-3H3,(H,18,19). The lowest BCUT2D eigenvalue weighted by Crippen LogP contribution is -2.07. The molecule has 0 heterocycles. The van der Waals surface area contributed by atoms with Crippen LogP contribution in [0.2, 0.25) is 0 Å². The van der Waals surface area contributed by atoms with Crippen molar-refractivity contribution in [1.82, 2.24) is 0 Å². The van der Waals surface area contributed by atoms with Crippen LogP contribution in [0.5, 0.6) is 11.5 Å². The zero-order valence-corrected chi connectivity index (χ0v) is 12.3. The van der Waals surface area contributed by atoms with Crippen molar-refractivity contribution in [3.63, 3.8) is 0 Å². The summed E-state index contributed by atoms with van der Waals surface area (Å²) in [6.45, 7) is 1.46. The SMILES string of the molecule is COc1cc(-c2ccc(NC(C)=O)c(OC)c2)ccc1N. The minimum atomic E-state index is -0.143. The zero-order chi connectivity index (χ0) is 15.4. The Morgan fingerprint density at radius 3 is 2.14 bits per heavy atom. The first kappa shape index (κ1) is 14.7. The Hall–Kier alpha value is -2.69. The molecule has 0 saturated carbocycles. The number of ether oxygens (including phenoxy) is 2. The van der Waals surface area contributed by atoms with Gasteiger partial charge in [0.15, 0.2) is 0 Å². The highest BCUT2D eigenvalue weighted by molar-refractivity contribution is 5.91. The summed E-state index contributed by atoms with van der Waals surface area (Å²) in [5, 5.41) is 2.73. The third-order valence-corrected chi connectivity index (χ3v) is 3.08. The van der Waals surface area contributed by atoms with Crippen LogP contribution in [-0.2, 0) is 4.79 Å². The Balaban J connectivity index is 2.43. The summed E-state index contributed by atoms with van der Waals surface area (Å²) < 4.78 is 10.5. The van der Waals surface area contributed by atoms with Gasteiger partial charge in [0.2, 0.25) is 5.91 Å². The number of anilines is 2. The molecule has 0 aliphatic rings. The molecule has 2 aromatic rings. The van der Waals surface area contributed by atoms with E-state index in [9.17, 15) is 4.79 Å². The second-order valence-electron chi connectivity index (χ2n) is 4.55. The minimum Gasteiger partial charge on any atom is -0.495 e. The molecule has 2 aromatic carbocycles. The highest BCUT2D eigenvalue weighted by Crippen LogP contribution is 2.33. The van der Waals surface area contributed by atoms with E-state index >= 15 is 0 Å². The Morgan fingerprint density at radius 2 is 1.57 bits per heavy atom. The van der Waals surface area contributed by atoms with Gasteiger partial charge >= 0.3 is 0 Å². The van der Waals surface area contributed by atoms with Crippen LogP contribution in [0.3, 0.4) is 0 Å². The van der Waals surface area contributed by atoms with Crippen LogP contribution in [0, 0.1) is 0 Å².